The van der Waals surface area contributed by atoms with E-state index in [0.29, 0.717) is 5.92 Å². The molecule has 2 rings (SSSR count). The summed E-state index contributed by atoms with van der Waals surface area (Å²) in [6.07, 6.45) is 1.22. The van der Waals surface area contributed by atoms with Crippen molar-refractivity contribution in [3.8, 4) is 0 Å². The van der Waals surface area contributed by atoms with Crippen LogP contribution in [-0.2, 0) is 6.54 Å². The summed E-state index contributed by atoms with van der Waals surface area (Å²) in [5.41, 5.74) is 6.81. The van der Waals surface area contributed by atoms with Crippen LogP contribution in [0.5, 0.6) is 0 Å². The fourth-order valence-electron chi connectivity index (χ4n) is 2.47. The predicted octanol–water partition coefficient (Wildman–Crippen LogP) is 2.13. The number of piperidine rings is 1. The van der Waals surface area contributed by atoms with E-state index < -0.39 is 0 Å². The number of halogens is 1. The van der Waals surface area contributed by atoms with E-state index in [-0.39, 0.29) is 12.4 Å². The van der Waals surface area contributed by atoms with E-state index in [1.54, 1.807) is 0 Å². The average Bonchev–Trinajstić information content (AvgIpc) is 2.61. The third-order valence-electron chi connectivity index (χ3n) is 3.93. The molecule has 5 heteroatoms. The third-order valence-corrected chi connectivity index (χ3v) is 3.93. The summed E-state index contributed by atoms with van der Waals surface area (Å²) in [4.78, 5) is 6.84. The molecule has 0 saturated carbocycles. The van der Waals surface area contributed by atoms with Crippen molar-refractivity contribution in [3.63, 3.8) is 0 Å². The van der Waals surface area contributed by atoms with Crippen LogP contribution < -0.4 is 5.73 Å². The van der Waals surface area contributed by atoms with E-state index in [1.165, 1.54) is 6.42 Å². The monoisotopic (exact) mass is 273 g/mol. The SMILES string of the molecule is Cc1nc(CN2CCC(C)C(CN)C2)oc1C.Cl. The maximum Gasteiger partial charge on any atom is 0.208 e. The molecule has 0 radical (unpaired) electrons. The minimum absolute atomic E-state index is 0. The summed E-state index contributed by atoms with van der Waals surface area (Å²) in [6, 6.07) is 0. The van der Waals surface area contributed by atoms with E-state index in [2.05, 4.69) is 16.8 Å². The van der Waals surface area contributed by atoms with Gasteiger partial charge in [-0.25, -0.2) is 4.98 Å². The Labute approximate surface area is 115 Å². The molecule has 104 valence electrons. The lowest BCUT2D eigenvalue weighted by Crippen LogP contribution is -2.42. The Bertz CT molecular complexity index is 361. The Morgan fingerprint density at radius 3 is 2.72 bits per heavy atom. The molecular weight excluding hydrogens is 250 g/mol. The van der Waals surface area contributed by atoms with Crippen molar-refractivity contribution >= 4 is 12.4 Å². The molecule has 0 amide bonds. The summed E-state index contributed by atoms with van der Waals surface area (Å²) in [7, 11) is 0. The van der Waals surface area contributed by atoms with E-state index in [4.69, 9.17) is 10.2 Å². The zero-order valence-electron chi connectivity index (χ0n) is 11.5. The highest BCUT2D eigenvalue weighted by molar-refractivity contribution is 5.85. The molecule has 4 nitrogen and oxygen atoms in total. The smallest absolute Gasteiger partial charge is 0.208 e. The van der Waals surface area contributed by atoms with Crippen molar-refractivity contribution in [2.24, 2.45) is 17.6 Å². The van der Waals surface area contributed by atoms with Gasteiger partial charge in [-0.15, -0.1) is 12.4 Å². The van der Waals surface area contributed by atoms with Crippen molar-refractivity contribution < 1.29 is 4.42 Å². The lowest BCUT2D eigenvalue weighted by molar-refractivity contribution is 0.117. The molecule has 2 atom stereocenters. The fourth-order valence-corrected chi connectivity index (χ4v) is 2.47. The first-order valence-corrected chi connectivity index (χ1v) is 6.45. The molecule has 2 unspecified atom stereocenters. The number of likely N-dealkylation sites (tertiary alicyclic amines) is 1. The first-order valence-electron chi connectivity index (χ1n) is 6.45. The van der Waals surface area contributed by atoms with Gasteiger partial charge in [-0.1, -0.05) is 6.92 Å². The second-order valence-electron chi connectivity index (χ2n) is 5.25. The topological polar surface area (TPSA) is 55.3 Å². The highest BCUT2D eigenvalue weighted by Gasteiger charge is 2.25. The van der Waals surface area contributed by atoms with E-state index in [9.17, 15) is 0 Å². The fraction of sp³-hybridized carbons (Fsp3) is 0.769. The van der Waals surface area contributed by atoms with Gasteiger partial charge in [0.15, 0.2) is 0 Å². The van der Waals surface area contributed by atoms with Crippen LogP contribution in [0.15, 0.2) is 4.42 Å². The number of aryl methyl sites for hydroxylation is 2. The second-order valence-corrected chi connectivity index (χ2v) is 5.25. The zero-order chi connectivity index (χ0) is 12.4. The number of nitrogens with zero attached hydrogens (tertiary/aromatic N) is 2. The molecule has 1 saturated heterocycles. The molecule has 2 N–H and O–H groups in total. The van der Waals surface area contributed by atoms with Crippen LogP contribution in [0.2, 0.25) is 0 Å². The maximum absolute atomic E-state index is 5.81. The molecule has 0 aromatic carbocycles. The molecule has 0 spiro atoms. The normalized spacial score (nSPS) is 24.9. The van der Waals surface area contributed by atoms with E-state index in [0.717, 1.165) is 49.4 Å². The maximum atomic E-state index is 5.81. The van der Waals surface area contributed by atoms with Gasteiger partial charge in [0.1, 0.15) is 5.76 Å². The average molecular weight is 274 g/mol. The molecule has 1 aromatic heterocycles. The minimum Gasteiger partial charge on any atom is -0.444 e. The van der Waals surface area contributed by atoms with Crippen LogP contribution in [0.25, 0.3) is 0 Å². The summed E-state index contributed by atoms with van der Waals surface area (Å²) < 4.78 is 5.63. The number of hydrogen-bond acceptors (Lipinski definition) is 4. The van der Waals surface area contributed by atoms with Gasteiger partial charge in [-0.3, -0.25) is 4.90 Å². The number of oxazole rings is 1. The molecule has 0 bridgehead atoms. The van der Waals surface area contributed by atoms with Gasteiger partial charge in [-0.2, -0.15) is 0 Å². The minimum atomic E-state index is 0. The molecule has 1 fully saturated rings. The van der Waals surface area contributed by atoms with Crippen molar-refractivity contribution in [2.75, 3.05) is 19.6 Å². The van der Waals surface area contributed by atoms with Crippen LogP contribution in [0.3, 0.4) is 0 Å². The summed E-state index contributed by atoms with van der Waals surface area (Å²) >= 11 is 0. The van der Waals surface area contributed by atoms with Crippen molar-refractivity contribution in [1.29, 1.82) is 0 Å². The molecule has 0 aliphatic carbocycles. The molecule has 1 aromatic rings. The summed E-state index contributed by atoms with van der Waals surface area (Å²) in [6.45, 7) is 10.0. The van der Waals surface area contributed by atoms with Gasteiger partial charge in [0.05, 0.1) is 12.2 Å². The van der Waals surface area contributed by atoms with Gasteiger partial charge < -0.3 is 10.2 Å². The van der Waals surface area contributed by atoms with Crippen molar-refractivity contribution in [2.45, 2.75) is 33.7 Å². The Balaban J connectivity index is 0.00000162. The molecular formula is C13H24ClN3O. The summed E-state index contributed by atoms with van der Waals surface area (Å²) in [5, 5.41) is 0. The number of nitrogens with two attached hydrogens (primary N) is 1. The largest absolute Gasteiger partial charge is 0.444 e. The Kier molecular flexibility index (Phi) is 5.63. The van der Waals surface area contributed by atoms with E-state index in [1.807, 2.05) is 13.8 Å². The van der Waals surface area contributed by atoms with Crippen LogP contribution in [0.1, 0.15) is 30.7 Å². The lowest BCUT2D eigenvalue weighted by atomic mass is 9.87. The van der Waals surface area contributed by atoms with Crippen molar-refractivity contribution in [1.82, 2.24) is 9.88 Å². The number of rotatable bonds is 3. The third kappa shape index (κ3) is 3.46. The quantitative estimate of drug-likeness (QED) is 0.917. The van der Waals surface area contributed by atoms with Gasteiger partial charge >= 0.3 is 0 Å². The standard InChI is InChI=1S/C13H23N3O.ClH/c1-9-4-5-16(7-12(9)6-14)8-13-15-10(2)11(3)17-13;/h9,12H,4-8,14H2,1-3H3;1H. The van der Waals surface area contributed by atoms with Crippen LogP contribution in [-0.4, -0.2) is 29.5 Å². The first kappa shape index (κ1) is 15.5. The van der Waals surface area contributed by atoms with Gasteiger partial charge in [0.25, 0.3) is 0 Å². The first-order chi connectivity index (χ1) is 8.10. The van der Waals surface area contributed by atoms with E-state index >= 15 is 0 Å². The van der Waals surface area contributed by atoms with Crippen LogP contribution >= 0.6 is 12.4 Å². The van der Waals surface area contributed by atoms with Crippen molar-refractivity contribution in [3.05, 3.63) is 17.3 Å². The van der Waals surface area contributed by atoms with Crippen LogP contribution in [0, 0.1) is 25.7 Å². The van der Waals surface area contributed by atoms with Crippen LogP contribution in [0.4, 0.5) is 0 Å². The number of aromatic nitrogens is 1. The van der Waals surface area contributed by atoms with Gasteiger partial charge in [-0.05, 0) is 45.2 Å². The molecule has 1 aliphatic rings. The Morgan fingerprint density at radius 2 is 2.17 bits per heavy atom. The van der Waals surface area contributed by atoms with Gasteiger partial charge in [0, 0.05) is 6.54 Å². The Hall–Kier alpha value is -0.580. The lowest BCUT2D eigenvalue weighted by Gasteiger charge is -2.35. The summed E-state index contributed by atoms with van der Waals surface area (Å²) in [5.74, 6) is 3.12. The second kappa shape index (κ2) is 6.55. The predicted molar refractivity (Wildman–Crippen MR) is 74.8 cm³/mol. The highest BCUT2D eigenvalue weighted by atomic mass is 35.5. The number of hydrogen-bond donors (Lipinski definition) is 1. The zero-order valence-corrected chi connectivity index (χ0v) is 12.3. The molecule has 2 heterocycles. The molecule has 18 heavy (non-hydrogen) atoms. The highest BCUT2D eigenvalue weighted by Crippen LogP contribution is 2.23. The van der Waals surface area contributed by atoms with Gasteiger partial charge in [0.2, 0.25) is 5.89 Å². The Morgan fingerprint density at radius 1 is 1.44 bits per heavy atom. The molecule has 1 aliphatic heterocycles.